The third kappa shape index (κ3) is 2.40. The predicted molar refractivity (Wildman–Crippen MR) is 51.0 cm³/mol. The molecule has 2 N–H and O–H groups in total. The molecule has 0 amide bonds. The Morgan fingerprint density at radius 3 is 2.75 bits per heavy atom. The van der Waals surface area contributed by atoms with Crippen LogP contribution in [0.15, 0.2) is 22.1 Å². The Kier molecular flexibility index (Phi) is 2.95. The SMILES string of the molecule is C/C(=C\c1ccc(Cl)o1)C(C)N. The number of hydrogen-bond donors (Lipinski definition) is 1. The number of halogens is 1. The highest BCUT2D eigenvalue weighted by molar-refractivity contribution is 6.28. The summed E-state index contributed by atoms with van der Waals surface area (Å²) in [5.41, 5.74) is 6.72. The Morgan fingerprint density at radius 2 is 2.33 bits per heavy atom. The van der Waals surface area contributed by atoms with Gasteiger partial charge in [-0.2, -0.15) is 0 Å². The van der Waals surface area contributed by atoms with Crippen LogP contribution in [0.25, 0.3) is 6.08 Å². The standard InChI is InChI=1S/C9H12ClNO/c1-6(7(2)11)5-8-3-4-9(10)12-8/h3-5,7H,11H2,1-2H3/b6-5+. The van der Waals surface area contributed by atoms with Gasteiger partial charge in [-0.15, -0.1) is 0 Å². The van der Waals surface area contributed by atoms with Crippen LogP contribution in [0.2, 0.25) is 5.22 Å². The van der Waals surface area contributed by atoms with Crippen LogP contribution in [0.3, 0.4) is 0 Å². The van der Waals surface area contributed by atoms with Crippen molar-refractivity contribution < 1.29 is 4.42 Å². The Hall–Kier alpha value is -0.730. The van der Waals surface area contributed by atoms with Crippen LogP contribution >= 0.6 is 11.6 Å². The Morgan fingerprint density at radius 1 is 1.67 bits per heavy atom. The second-order valence-corrected chi connectivity index (χ2v) is 3.19. The fourth-order valence-electron chi connectivity index (χ4n) is 0.762. The maximum Gasteiger partial charge on any atom is 0.193 e. The van der Waals surface area contributed by atoms with Crippen molar-refractivity contribution in [2.75, 3.05) is 0 Å². The molecule has 66 valence electrons. The Balaban J connectivity index is 2.80. The first-order chi connectivity index (χ1) is 5.59. The quantitative estimate of drug-likeness (QED) is 0.770. The van der Waals surface area contributed by atoms with E-state index in [4.69, 9.17) is 21.8 Å². The molecule has 0 fully saturated rings. The fourth-order valence-corrected chi connectivity index (χ4v) is 0.914. The van der Waals surface area contributed by atoms with E-state index < -0.39 is 0 Å². The molecule has 0 spiro atoms. The second-order valence-electron chi connectivity index (χ2n) is 2.82. The third-order valence-electron chi connectivity index (χ3n) is 1.68. The molecule has 12 heavy (non-hydrogen) atoms. The van der Waals surface area contributed by atoms with Gasteiger partial charge in [-0.25, -0.2) is 0 Å². The molecule has 0 bridgehead atoms. The summed E-state index contributed by atoms with van der Waals surface area (Å²) < 4.78 is 5.14. The molecule has 0 aromatic carbocycles. The van der Waals surface area contributed by atoms with E-state index in [0.717, 1.165) is 11.3 Å². The molecule has 1 unspecified atom stereocenters. The van der Waals surface area contributed by atoms with Crippen LogP contribution in [0, 0.1) is 0 Å². The van der Waals surface area contributed by atoms with Crippen LogP contribution < -0.4 is 5.73 Å². The number of hydrogen-bond acceptors (Lipinski definition) is 2. The molecule has 0 radical (unpaired) electrons. The van der Waals surface area contributed by atoms with Crippen LogP contribution in [-0.2, 0) is 0 Å². The summed E-state index contributed by atoms with van der Waals surface area (Å²) in [5.74, 6) is 0.745. The average Bonchev–Trinajstić information content (AvgIpc) is 2.35. The van der Waals surface area contributed by atoms with Crippen LogP contribution in [-0.4, -0.2) is 6.04 Å². The lowest BCUT2D eigenvalue weighted by Gasteiger charge is -2.02. The van der Waals surface area contributed by atoms with Gasteiger partial charge >= 0.3 is 0 Å². The summed E-state index contributed by atoms with van der Waals surface area (Å²) in [7, 11) is 0. The molecule has 2 nitrogen and oxygen atoms in total. The van der Waals surface area contributed by atoms with Crippen molar-refractivity contribution in [1.29, 1.82) is 0 Å². The first kappa shape index (κ1) is 9.36. The highest BCUT2D eigenvalue weighted by Gasteiger charge is 1.99. The fraction of sp³-hybridized carbons (Fsp3) is 0.333. The van der Waals surface area contributed by atoms with Crippen molar-refractivity contribution in [2.45, 2.75) is 19.9 Å². The maximum atomic E-state index is 5.65. The van der Waals surface area contributed by atoms with Gasteiger partial charge in [-0.3, -0.25) is 0 Å². The minimum absolute atomic E-state index is 0.0499. The largest absolute Gasteiger partial charge is 0.445 e. The smallest absolute Gasteiger partial charge is 0.193 e. The van der Waals surface area contributed by atoms with Gasteiger partial charge in [0.25, 0.3) is 0 Å². The molecule has 1 atom stereocenters. The lowest BCUT2D eigenvalue weighted by atomic mass is 10.1. The van der Waals surface area contributed by atoms with E-state index in [-0.39, 0.29) is 6.04 Å². The van der Waals surface area contributed by atoms with Gasteiger partial charge in [0.15, 0.2) is 5.22 Å². The van der Waals surface area contributed by atoms with E-state index in [0.29, 0.717) is 5.22 Å². The molecule has 1 rings (SSSR count). The zero-order valence-electron chi connectivity index (χ0n) is 7.17. The Bertz CT molecular complexity index is 288. The van der Waals surface area contributed by atoms with Crippen molar-refractivity contribution in [3.8, 4) is 0 Å². The predicted octanol–water partition coefficient (Wildman–Crippen LogP) is 2.68. The molecule has 1 aromatic heterocycles. The van der Waals surface area contributed by atoms with Gasteiger partial charge in [0.1, 0.15) is 5.76 Å². The number of furan rings is 1. The number of nitrogens with two attached hydrogens (primary N) is 1. The zero-order valence-corrected chi connectivity index (χ0v) is 7.93. The summed E-state index contributed by atoms with van der Waals surface area (Å²) in [6.45, 7) is 3.89. The van der Waals surface area contributed by atoms with Crippen molar-refractivity contribution in [1.82, 2.24) is 0 Å². The van der Waals surface area contributed by atoms with Crippen molar-refractivity contribution in [3.63, 3.8) is 0 Å². The minimum Gasteiger partial charge on any atom is -0.445 e. The van der Waals surface area contributed by atoms with Gasteiger partial charge in [0, 0.05) is 6.04 Å². The summed E-state index contributed by atoms with van der Waals surface area (Å²) in [5, 5.41) is 0.402. The van der Waals surface area contributed by atoms with E-state index in [2.05, 4.69) is 0 Å². The van der Waals surface area contributed by atoms with Gasteiger partial charge in [-0.05, 0) is 43.7 Å². The normalized spacial score (nSPS) is 14.8. The molecule has 0 aliphatic rings. The zero-order chi connectivity index (χ0) is 9.14. The first-order valence-corrected chi connectivity index (χ1v) is 4.16. The van der Waals surface area contributed by atoms with Crippen molar-refractivity contribution in [3.05, 3.63) is 28.7 Å². The third-order valence-corrected chi connectivity index (χ3v) is 1.89. The van der Waals surface area contributed by atoms with E-state index in [1.165, 1.54) is 0 Å². The highest BCUT2D eigenvalue weighted by Crippen LogP contribution is 2.16. The molecule has 0 saturated heterocycles. The van der Waals surface area contributed by atoms with E-state index in [1.807, 2.05) is 26.0 Å². The van der Waals surface area contributed by atoms with Crippen LogP contribution in [0.4, 0.5) is 0 Å². The van der Waals surface area contributed by atoms with E-state index in [9.17, 15) is 0 Å². The molecular weight excluding hydrogens is 174 g/mol. The maximum absolute atomic E-state index is 5.65. The van der Waals surface area contributed by atoms with Crippen molar-refractivity contribution >= 4 is 17.7 Å². The van der Waals surface area contributed by atoms with Gasteiger partial charge in [-0.1, -0.05) is 5.57 Å². The van der Waals surface area contributed by atoms with Crippen molar-refractivity contribution in [2.24, 2.45) is 5.73 Å². The summed E-state index contributed by atoms with van der Waals surface area (Å²) in [4.78, 5) is 0. The highest BCUT2D eigenvalue weighted by atomic mass is 35.5. The molecule has 1 aromatic rings. The minimum atomic E-state index is 0.0499. The average molecular weight is 186 g/mol. The summed E-state index contributed by atoms with van der Waals surface area (Å²) in [6, 6.07) is 3.57. The van der Waals surface area contributed by atoms with Crippen LogP contribution in [0.1, 0.15) is 19.6 Å². The Labute approximate surface area is 77.0 Å². The summed E-state index contributed by atoms with van der Waals surface area (Å²) in [6.07, 6.45) is 1.89. The monoisotopic (exact) mass is 185 g/mol. The molecular formula is C9H12ClNO. The van der Waals surface area contributed by atoms with Crippen LogP contribution in [0.5, 0.6) is 0 Å². The lowest BCUT2D eigenvalue weighted by Crippen LogP contribution is -2.15. The second kappa shape index (κ2) is 3.78. The molecule has 0 saturated carbocycles. The number of rotatable bonds is 2. The summed E-state index contributed by atoms with van der Waals surface area (Å²) >= 11 is 5.60. The van der Waals surface area contributed by atoms with Gasteiger partial charge in [0.05, 0.1) is 0 Å². The topological polar surface area (TPSA) is 39.2 Å². The molecule has 3 heteroatoms. The van der Waals surface area contributed by atoms with E-state index >= 15 is 0 Å². The van der Waals surface area contributed by atoms with E-state index in [1.54, 1.807) is 6.07 Å². The first-order valence-electron chi connectivity index (χ1n) is 3.78. The lowest BCUT2D eigenvalue weighted by molar-refractivity contribution is 0.558. The molecule has 1 heterocycles. The van der Waals surface area contributed by atoms with Gasteiger partial charge in [0.2, 0.25) is 0 Å². The molecule has 0 aliphatic carbocycles. The van der Waals surface area contributed by atoms with Gasteiger partial charge < -0.3 is 10.2 Å². The molecule has 0 aliphatic heterocycles.